The molecule has 0 saturated carbocycles. The van der Waals surface area contributed by atoms with Crippen LogP contribution in [0.15, 0.2) is 60.2 Å². The third-order valence-corrected chi connectivity index (χ3v) is 4.25. The lowest BCUT2D eigenvalue weighted by Crippen LogP contribution is -2.18. The second-order valence-corrected chi connectivity index (χ2v) is 7.11. The first kappa shape index (κ1) is 22.7. The van der Waals surface area contributed by atoms with Crippen molar-refractivity contribution in [2.24, 2.45) is 7.05 Å². The lowest BCUT2D eigenvalue weighted by Gasteiger charge is -2.18. The number of nitrogens with one attached hydrogen (secondary N) is 1. The van der Waals surface area contributed by atoms with Crippen molar-refractivity contribution in [3.8, 4) is 28.5 Å². The molecule has 0 atom stereocenters. The number of nitrogens with zero attached hydrogens (tertiary/aromatic N) is 2. The molecule has 166 valence electrons. The van der Waals surface area contributed by atoms with E-state index in [1.165, 1.54) is 29.1 Å². The van der Waals surface area contributed by atoms with Gasteiger partial charge in [-0.25, -0.2) is 13.8 Å². The van der Waals surface area contributed by atoms with Gasteiger partial charge in [0.15, 0.2) is 11.6 Å². The van der Waals surface area contributed by atoms with Crippen LogP contribution in [0.3, 0.4) is 0 Å². The number of carbonyl (C=O) groups is 1. The van der Waals surface area contributed by atoms with E-state index < -0.39 is 17.5 Å². The second-order valence-electron chi connectivity index (χ2n) is 7.11. The molecule has 3 rings (SSSR count). The van der Waals surface area contributed by atoms with Gasteiger partial charge >= 0.3 is 0 Å². The predicted octanol–water partition coefficient (Wildman–Crippen LogP) is 4.43. The Morgan fingerprint density at radius 2 is 1.94 bits per heavy atom. The molecule has 0 bridgehead atoms. The average molecular weight is 441 g/mol. The SMILES string of the molecule is C=CC(=O)Nc1cnc(Oc2ccc(F)cc2F)c(-c2cn(C)c(=O)cc2OC(C)C)c1. The molecule has 1 aromatic carbocycles. The summed E-state index contributed by atoms with van der Waals surface area (Å²) in [5.74, 6) is -2.17. The first-order valence-electron chi connectivity index (χ1n) is 9.62. The molecule has 0 radical (unpaired) electrons. The van der Waals surface area contributed by atoms with E-state index in [9.17, 15) is 18.4 Å². The van der Waals surface area contributed by atoms with Crippen molar-refractivity contribution in [2.75, 3.05) is 5.32 Å². The van der Waals surface area contributed by atoms with Gasteiger partial charge in [-0.2, -0.15) is 0 Å². The Kier molecular flexibility index (Phi) is 6.67. The Morgan fingerprint density at radius 1 is 1.19 bits per heavy atom. The van der Waals surface area contributed by atoms with Gasteiger partial charge < -0.3 is 19.4 Å². The normalized spacial score (nSPS) is 10.7. The van der Waals surface area contributed by atoms with Gasteiger partial charge in [0.25, 0.3) is 5.56 Å². The van der Waals surface area contributed by atoms with Gasteiger partial charge in [-0.05, 0) is 38.1 Å². The van der Waals surface area contributed by atoms with E-state index in [-0.39, 0.29) is 29.0 Å². The molecule has 0 aliphatic heterocycles. The summed E-state index contributed by atoms with van der Waals surface area (Å²) in [6.45, 7) is 7.00. The maximum atomic E-state index is 14.2. The summed E-state index contributed by atoms with van der Waals surface area (Å²) >= 11 is 0. The zero-order valence-electron chi connectivity index (χ0n) is 17.7. The molecule has 0 unspecified atom stereocenters. The number of hydrogen-bond acceptors (Lipinski definition) is 5. The zero-order chi connectivity index (χ0) is 23.4. The standard InChI is InChI=1S/C23H21F2N3O4/c1-5-21(29)27-15-9-16(17-12-28(4)22(30)10-20(17)31-13(2)3)23(26-11-15)32-19-7-6-14(24)8-18(19)25/h5-13H,1H2,2-4H3,(H,27,29). The molecule has 0 saturated heterocycles. The van der Waals surface area contributed by atoms with Crippen molar-refractivity contribution < 1.29 is 23.0 Å². The minimum atomic E-state index is -0.916. The highest BCUT2D eigenvalue weighted by Crippen LogP contribution is 2.38. The molecule has 1 amide bonds. The maximum absolute atomic E-state index is 14.2. The molecule has 2 heterocycles. The Morgan fingerprint density at radius 3 is 2.59 bits per heavy atom. The molecule has 0 aliphatic carbocycles. The number of amides is 1. The van der Waals surface area contributed by atoms with Gasteiger partial charge in [0.2, 0.25) is 11.8 Å². The van der Waals surface area contributed by atoms with E-state index in [0.717, 1.165) is 18.2 Å². The van der Waals surface area contributed by atoms with Crippen LogP contribution in [0.4, 0.5) is 14.5 Å². The van der Waals surface area contributed by atoms with E-state index in [0.29, 0.717) is 22.9 Å². The van der Waals surface area contributed by atoms with Crippen LogP contribution in [0.25, 0.3) is 11.1 Å². The second kappa shape index (κ2) is 9.42. The fraction of sp³-hybridized carbons (Fsp3) is 0.174. The van der Waals surface area contributed by atoms with Gasteiger partial charge in [0.05, 0.1) is 23.6 Å². The topological polar surface area (TPSA) is 82.5 Å². The summed E-state index contributed by atoms with van der Waals surface area (Å²) in [5, 5.41) is 2.59. The predicted molar refractivity (Wildman–Crippen MR) is 116 cm³/mol. The molecular formula is C23H21F2N3O4. The number of hydrogen-bond donors (Lipinski definition) is 1. The molecule has 0 spiro atoms. The first-order chi connectivity index (χ1) is 15.2. The van der Waals surface area contributed by atoms with Crippen LogP contribution < -0.4 is 20.3 Å². The number of pyridine rings is 2. The quantitative estimate of drug-likeness (QED) is 0.549. The Hall–Kier alpha value is -4.01. The van der Waals surface area contributed by atoms with Crippen molar-refractivity contribution in [1.29, 1.82) is 0 Å². The average Bonchev–Trinajstić information content (AvgIpc) is 2.73. The molecule has 0 fully saturated rings. The fourth-order valence-electron chi connectivity index (χ4n) is 2.82. The number of rotatable bonds is 7. The van der Waals surface area contributed by atoms with Gasteiger partial charge in [-0.1, -0.05) is 6.58 Å². The van der Waals surface area contributed by atoms with Gasteiger partial charge in [0.1, 0.15) is 11.6 Å². The summed E-state index contributed by atoms with van der Waals surface area (Å²) in [6.07, 6.45) is 3.67. The third kappa shape index (κ3) is 5.18. The van der Waals surface area contributed by atoms with Crippen molar-refractivity contribution in [3.05, 3.63) is 77.4 Å². The largest absolute Gasteiger partial charge is 0.490 e. The molecule has 9 heteroatoms. The summed E-state index contributed by atoms with van der Waals surface area (Å²) in [5.41, 5.74) is 0.726. The molecular weight excluding hydrogens is 420 g/mol. The number of aromatic nitrogens is 2. The van der Waals surface area contributed by atoms with Crippen molar-refractivity contribution in [3.63, 3.8) is 0 Å². The highest BCUT2D eigenvalue weighted by molar-refractivity contribution is 5.99. The number of carbonyl (C=O) groups excluding carboxylic acids is 1. The number of benzene rings is 1. The lowest BCUT2D eigenvalue weighted by molar-refractivity contribution is -0.111. The zero-order valence-corrected chi connectivity index (χ0v) is 17.7. The maximum Gasteiger partial charge on any atom is 0.254 e. The van der Waals surface area contributed by atoms with Gasteiger partial charge in [-0.3, -0.25) is 9.59 Å². The van der Waals surface area contributed by atoms with E-state index in [4.69, 9.17) is 9.47 Å². The summed E-state index contributed by atoms with van der Waals surface area (Å²) in [4.78, 5) is 28.1. The lowest BCUT2D eigenvalue weighted by atomic mass is 10.1. The van der Waals surface area contributed by atoms with Crippen LogP contribution in [0.5, 0.6) is 17.4 Å². The highest BCUT2D eigenvalue weighted by atomic mass is 19.1. The first-order valence-corrected chi connectivity index (χ1v) is 9.62. The van der Waals surface area contributed by atoms with Gasteiger partial charge in [-0.15, -0.1) is 0 Å². The number of ether oxygens (including phenoxy) is 2. The molecule has 2 aromatic heterocycles. The number of anilines is 1. The summed E-state index contributed by atoms with van der Waals surface area (Å²) in [6, 6.07) is 5.73. The Balaban J connectivity index is 2.20. The highest BCUT2D eigenvalue weighted by Gasteiger charge is 2.19. The van der Waals surface area contributed by atoms with Crippen LogP contribution >= 0.6 is 0 Å². The number of aryl methyl sites for hydroxylation is 1. The van der Waals surface area contributed by atoms with E-state index in [2.05, 4.69) is 16.9 Å². The van der Waals surface area contributed by atoms with Crippen molar-refractivity contribution in [2.45, 2.75) is 20.0 Å². The van der Waals surface area contributed by atoms with Crippen LogP contribution in [-0.4, -0.2) is 21.6 Å². The summed E-state index contributed by atoms with van der Waals surface area (Å²) < 4.78 is 40.3. The van der Waals surface area contributed by atoms with E-state index in [1.54, 1.807) is 20.9 Å². The molecule has 32 heavy (non-hydrogen) atoms. The van der Waals surface area contributed by atoms with Crippen LogP contribution in [0.1, 0.15) is 13.8 Å². The number of halogens is 2. The molecule has 0 aliphatic rings. The van der Waals surface area contributed by atoms with Crippen molar-refractivity contribution in [1.82, 2.24) is 9.55 Å². The van der Waals surface area contributed by atoms with Crippen LogP contribution in [0.2, 0.25) is 0 Å². The molecule has 3 aromatic rings. The molecule has 7 nitrogen and oxygen atoms in total. The van der Waals surface area contributed by atoms with E-state index in [1.807, 2.05) is 0 Å². The van der Waals surface area contributed by atoms with Crippen molar-refractivity contribution >= 4 is 11.6 Å². The minimum Gasteiger partial charge on any atom is -0.490 e. The van der Waals surface area contributed by atoms with E-state index >= 15 is 0 Å². The Bertz CT molecular complexity index is 1240. The summed E-state index contributed by atoms with van der Waals surface area (Å²) in [7, 11) is 1.56. The monoisotopic (exact) mass is 441 g/mol. The Labute approximate surface area is 182 Å². The van der Waals surface area contributed by atoms with Gasteiger partial charge in [0, 0.05) is 30.9 Å². The minimum absolute atomic E-state index is 0.0423. The fourth-order valence-corrected chi connectivity index (χ4v) is 2.82. The third-order valence-electron chi connectivity index (χ3n) is 4.25. The van der Waals surface area contributed by atoms with Crippen LogP contribution in [0, 0.1) is 11.6 Å². The van der Waals surface area contributed by atoms with Crippen LogP contribution in [-0.2, 0) is 11.8 Å². The molecule has 1 N–H and O–H groups in total. The smallest absolute Gasteiger partial charge is 0.254 e.